The molecule has 1 aromatic carbocycles. The molecule has 4 saturated carbocycles. The van der Waals surface area contributed by atoms with E-state index in [2.05, 4.69) is 50.6 Å². The van der Waals surface area contributed by atoms with Gasteiger partial charge in [-0.15, -0.1) is 6.58 Å². The first-order valence-corrected chi connectivity index (χ1v) is 21.4. The third-order valence-electron chi connectivity index (χ3n) is 15.4. The number of carboxylic acids is 2. The SMILES string of the molecule is C=CC.CC1(C)C(c2ccc(C(=O)O)c(C(=O)O)c2)=CCC2(C)C1CCC1(C)C3CCC4(C(=O)NCCCN5CCSCC5)CCCC4C3CCC12. The molecule has 52 heavy (non-hydrogen) atoms. The van der Waals surface area contributed by atoms with Gasteiger partial charge in [0, 0.05) is 31.1 Å². The molecule has 286 valence electrons. The lowest BCUT2D eigenvalue weighted by Gasteiger charge is -2.68. The van der Waals surface area contributed by atoms with E-state index in [4.69, 9.17) is 0 Å². The number of carbonyl (C=O) groups is 3. The summed E-state index contributed by atoms with van der Waals surface area (Å²) in [6.07, 6.45) is 16.6. The van der Waals surface area contributed by atoms with Crippen LogP contribution in [0.15, 0.2) is 36.9 Å². The molecule has 7 nitrogen and oxygen atoms in total. The molecule has 1 aliphatic heterocycles. The van der Waals surface area contributed by atoms with Crippen LogP contribution in [0.2, 0.25) is 0 Å². The summed E-state index contributed by atoms with van der Waals surface area (Å²) in [6.45, 7) is 19.3. The van der Waals surface area contributed by atoms with Gasteiger partial charge in [0.1, 0.15) is 0 Å². The summed E-state index contributed by atoms with van der Waals surface area (Å²) in [4.78, 5) is 40.4. The van der Waals surface area contributed by atoms with Gasteiger partial charge in [-0.1, -0.05) is 52.3 Å². The largest absolute Gasteiger partial charge is 0.478 e. The van der Waals surface area contributed by atoms with Crippen LogP contribution in [0.1, 0.15) is 132 Å². The standard InChI is InChI=1S/C41H58N2O5S.C3H6/c1-38(2)30(26-8-9-27(35(44)45)29(25-26)36(46)47)12-16-40(4)33(38)14-17-39(3)31-13-18-41(15-5-7-32(41)28(31)10-11-34(39)40)37(48)42-19-6-20-43-21-23-49-24-22-43;1-3-2/h8-9,12,25,28,31-34H,5-7,10-11,13-24H2,1-4H3,(H,42,48)(H,44,45)(H,46,47);3H,1H2,2H3. The number of hydrogen-bond acceptors (Lipinski definition) is 5. The molecular weight excluding hydrogens is 669 g/mol. The molecule has 0 spiro atoms. The second-order valence-corrected chi connectivity index (χ2v) is 19.3. The molecule has 3 N–H and O–H groups in total. The van der Waals surface area contributed by atoms with Gasteiger partial charge in [0.25, 0.3) is 0 Å². The lowest BCUT2D eigenvalue weighted by Crippen LogP contribution is -2.62. The summed E-state index contributed by atoms with van der Waals surface area (Å²) in [5.41, 5.74) is 1.73. The summed E-state index contributed by atoms with van der Waals surface area (Å²) in [6, 6.07) is 4.86. The first kappa shape index (κ1) is 39.1. The minimum absolute atomic E-state index is 0.135. The molecule has 6 aliphatic rings. The van der Waals surface area contributed by atoms with E-state index in [-0.39, 0.29) is 32.8 Å². The number of carbonyl (C=O) groups excluding carboxylic acids is 1. The first-order valence-electron chi connectivity index (χ1n) is 20.2. The molecule has 5 fully saturated rings. The van der Waals surface area contributed by atoms with Crippen molar-refractivity contribution in [2.45, 2.75) is 105 Å². The van der Waals surface area contributed by atoms with Gasteiger partial charge in [-0.2, -0.15) is 11.8 Å². The highest BCUT2D eigenvalue weighted by Gasteiger charge is 2.66. The molecule has 1 heterocycles. The number of amides is 1. The molecule has 8 heteroatoms. The first-order chi connectivity index (χ1) is 24.7. The smallest absolute Gasteiger partial charge is 0.336 e. The number of nitrogens with one attached hydrogen (secondary N) is 1. The highest BCUT2D eigenvalue weighted by molar-refractivity contribution is 7.99. The van der Waals surface area contributed by atoms with Crippen LogP contribution in [-0.4, -0.2) is 70.6 Å². The third-order valence-corrected chi connectivity index (χ3v) is 16.3. The van der Waals surface area contributed by atoms with Gasteiger partial charge in [0.05, 0.1) is 16.5 Å². The highest BCUT2D eigenvalue weighted by Crippen LogP contribution is 2.73. The van der Waals surface area contributed by atoms with E-state index in [0.29, 0.717) is 35.5 Å². The van der Waals surface area contributed by atoms with Gasteiger partial charge in [-0.05, 0) is 147 Å². The quantitative estimate of drug-likeness (QED) is 0.181. The molecule has 1 aromatic rings. The van der Waals surface area contributed by atoms with Gasteiger partial charge in [-0.3, -0.25) is 4.79 Å². The predicted octanol–water partition coefficient (Wildman–Crippen LogP) is 9.29. The number of benzene rings is 1. The predicted molar refractivity (Wildman–Crippen MR) is 212 cm³/mol. The summed E-state index contributed by atoms with van der Waals surface area (Å²) in [7, 11) is 0. The molecule has 8 unspecified atom stereocenters. The topological polar surface area (TPSA) is 107 Å². The third kappa shape index (κ3) is 6.71. The Kier molecular flexibility index (Phi) is 11.5. The van der Waals surface area contributed by atoms with Crippen molar-refractivity contribution >= 4 is 35.2 Å². The Morgan fingerprint density at radius 1 is 0.904 bits per heavy atom. The Labute approximate surface area is 316 Å². The number of nitrogens with zero attached hydrogens (tertiary/aromatic N) is 1. The minimum Gasteiger partial charge on any atom is -0.478 e. The molecule has 0 aromatic heterocycles. The molecule has 1 amide bonds. The van der Waals surface area contributed by atoms with Crippen LogP contribution in [0, 0.1) is 51.2 Å². The number of carboxylic acid groups (broad SMARTS) is 2. The van der Waals surface area contributed by atoms with Crippen LogP contribution in [0.4, 0.5) is 0 Å². The Hall–Kier alpha value is -2.58. The maximum Gasteiger partial charge on any atom is 0.336 e. The summed E-state index contributed by atoms with van der Waals surface area (Å²) < 4.78 is 0. The number of aromatic carboxylic acids is 2. The van der Waals surface area contributed by atoms with Crippen molar-refractivity contribution in [3.8, 4) is 0 Å². The summed E-state index contributed by atoms with van der Waals surface area (Å²) in [5.74, 6) is 3.29. The molecule has 5 aliphatic carbocycles. The molecule has 0 radical (unpaired) electrons. The summed E-state index contributed by atoms with van der Waals surface area (Å²) >= 11 is 2.05. The fourth-order valence-electron chi connectivity index (χ4n) is 13.3. The van der Waals surface area contributed by atoms with Crippen LogP contribution in [-0.2, 0) is 4.79 Å². The number of hydrogen-bond donors (Lipinski definition) is 3. The fraction of sp³-hybridized carbons (Fsp3) is 0.705. The van der Waals surface area contributed by atoms with Crippen LogP contribution in [0.3, 0.4) is 0 Å². The average Bonchev–Trinajstić information content (AvgIpc) is 3.56. The van der Waals surface area contributed by atoms with Gasteiger partial charge in [-0.25, -0.2) is 9.59 Å². The molecule has 8 atom stereocenters. The number of rotatable bonds is 8. The van der Waals surface area contributed by atoms with Gasteiger partial charge < -0.3 is 20.4 Å². The van der Waals surface area contributed by atoms with Crippen molar-refractivity contribution in [1.29, 1.82) is 0 Å². The highest BCUT2D eigenvalue weighted by atomic mass is 32.2. The molecular formula is C44H64N2O5S. The van der Waals surface area contributed by atoms with E-state index in [1.165, 1.54) is 69.2 Å². The van der Waals surface area contributed by atoms with Crippen molar-refractivity contribution in [1.82, 2.24) is 10.2 Å². The van der Waals surface area contributed by atoms with Crippen molar-refractivity contribution in [3.63, 3.8) is 0 Å². The van der Waals surface area contributed by atoms with E-state index in [9.17, 15) is 24.6 Å². The van der Waals surface area contributed by atoms with E-state index < -0.39 is 11.9 Å². The van der Waals surface area contributed by atoms with E-state index in [1.54, 1.807) is 12.1 Å². The Morgan fingerprint density at radius 3 is 2.31 bits per heavy atom. The van der Waals surface area contributed by atoms with Crippen LogP contribution < -0.4 is 5.32 Å². The molecule has 1 saturated heterocycles. The normalized spacial score (nSPS) is 36.3. The molecule has 0 bridgehead atoms. The molecule has 7 rings (SSSR count). The van der Waals surface area contributed by atoms with Crippen molar-refractivity contribution in [3.05, 3.63) is 53.6 Å². The van der Waals surface area contributed by atoms with Gasteiger partial charge in [0.15, 0.2) is 0 Å². The van der Waals surface area contributed by atoms with Crippen LogP contribution in [0.5, 0.6) is 0 Å². The van der Waals surface area contributed by atoms with E-state index in [1.807, 2.05) is 24.8 Å². The number of allylic oxidation sites excluding steroid dienone is 3. The van der Waals surface area contributed by atoms with Gasteiger partial charge in [0.2, 0.25) is 5.91 Å². The lowest BCUT2D eigenvalue weighted by atomic mass is 9.36. The average molecular weight is 733 g/mol. The van der Waals surface area contributed by atoms with Crippen LogP contribution in [0.25, 0.3) is 5.57 Å². The fourth-order valence-corrected chi connectivity index (χ4v) is 14.3. The van der Waals surface area contributed by atoms with Crippen molar-refractivity contribution in [2.24, 2.45) is 51.2 Å². The monoisotopic (exact) mass is 732 g/mol. The van der Waals surface area contributed by atoms with E-state index in [0.717, 1.165) is 56.3 Å². The number of fused-ring (bicyclic) bond motifs is 7. The summed E-state index contributed by atoms with van der Waals surface area (Å²) in [5, 5.41) is 22.9. The zero-order valence-corrected chi connectivity index (χ0v) is 33.3. The van der Waals surface area contributed by atoms with Crippen molar-refractivity contribution in [2.75, 3.05) is 37.7 Å². The number of thioether (sulfide) groups is 1. The second kappa shape index (κ2) is 15.3. The zero-order valence-electron chi connectivity index (χ0n) is 32.5. The van der Waals surface area contributed by atoms with Crippen molar-refractivity contribution < 1.29 is 24.6 Å². The minimum atomic E-state index is -1.21. The van der Waals surface area contributed by atoms with E-state index >= 15 is 0 Å². The Bertz CT molecular complexity index is 1570. The maximum atomic E-state index is 14.1. The zero-order chi connectivity index (χ0) is 37.5. The lowest BCUT2D eigenvalue weighted by molar-refractivity contribution is -0.181. The Morgan fingerprint density at radius 2 is 1.62 bits per heavy atom. The Balaban J connectivity index is 0.00000150. The van der Waals surface area contributed by atoms with Crippen LogP contribution >= 0.6 is 11.8 Å². The second-order valence-electron chi connectivity index (χ2n) is 18.1. The maximum absolute atomic E-state index is 14.1. The van der Waals surface area contributed by atoms with Gasteiger partial charge >= 0.3 is 11.9 Å².